The monoisotopic (exact) mass is 235 g/mol. The number of amides is 1. The molecule has 0 radical (unpaired) electrons. The van der Waals surface area contributed by atoms with Crippen molar-refractivity contribution in [2.75, 3.05) is 7.05 Å². The van der Waals surface area contributed by atoms with Gasteiger partial charge < -0.3 is 10.0 Å². The minimum atomic E-state index is -1.09. The van der Waals surface area contributed by atoms with Crippen molar-refractivity contribution in [3.05, 3.63) is 35.4 Å². The predicted molar refractivity (Wildman–Crippen MR) is 64.5 cm³/mol. The molecule has 1 aromatic rings. The first-order valence-electron chi connectivity index (χ1n) is 5.45. The molecule has 17 heavy (non-hydrogen) atoms. The van der Waals surface area contributed by atoms with Gasteiger partial charge in [0.15, 0.2) is 0 Å². The molecule has 1 N–H and O–H groups in total. The third-order valence-corrected chi connectivity index (χ3v) is 2.66. The van der Waals surface area contributed by atoms with E-state index in [0.29, 0.717) is 6.54 Å². The summed E-state index contributed by atoms with van der Waals surface area (Å²) in [6.07, 6.45) is 0. The van der Waals surface area contributed by atoms with E-state index in [1.54, 1.807) is 7.05 Å². The number of carboxylic acids is 1. The smallest absolute Gasteiger partial charge is 0.315 e. The SMILES string of the molecule is Cc1ccc(CN(C)C(=O)C(C)C(=O)O)cc1. The molecule has 0 aliphatic rings. The molecule has 1 rings (SSSR count). The third kappa shape index (κ3) is 3.59. The van der Waals surface area contributed by atoms with Gasteiger partial charge in [0.1, 0.15) is 5.92 Å². The molecule has 0 bridgehead atoms. The Balaban J connectivity index is 2.66. The van der Waals surface area contributed by atoms with Gasteiger partial charge in [-0.2, -0.15) is 0 Å². The van der Waals surface area contributed by atoms with Crippen molar-refractivity contribution in [2.45, 2.75) is 20.4 Å². The van der Waals surface area contributed by atoms with E-state index in [1.165, 1.54) is 11.8 Å². The number of rotatable bonds is 4. The van der Waals surface area contributed by atoms with Gasteiger partial charge in [-0.25, -0.2) is 0 Å². The van der Waals surface area contributed by atoms with Crippen molar-refractivity contribution < 1.29 is 14.7 Å². The van der Waals surface area contributed by atoms with E-state index >= 15 is 0 Å². The van der Waals surface area contributed by atoms with E-state index in [-0.39, 0.29) is 5.91 Å². The van der Waals surface area contributed by atoms with Crippen LogP contribution in [0.2, 0.25) is 0 Å². The van der Waals surface area contributed by atoms with Gasteiger partial charge in [-0.3, -0.25) is 9.59 Å². The van der Waals surface area contributed by atoms with Gasteiger partial charge in [0.2, 0.25) is 5.91 Å². The summed E-state index contributed by atoms with van der Waals surface area (Å²) < 4.78 is 0. The van der Waals surface area contributed by atoms with Gasteiger partial charge in [-0.15, -0.1) is 0 Å². The second-order valence-corrected chi connectivity index (χ2v) is 4.24. The molecule has 0 fully saturated rings. The normalized spacial score (nSPS) is 11.9. The number of nitrogens with zero attached hydrogens (tertiary/aromatic N) is 1. The van der Waals surface area contributed by atoms with Crippen LogP contribution in [0.25, 0.3) is 0 Å². The van der Waals surface area contributed by atoms with Crippen LogP contribution in [0.4, 0.5) is 0 Å². The first-order chi connectivity index (χ1) is 7.91. The Morgan fingerprint density at radius 3 is 2.29 bits per heavy atom. The molecule has 1 atom stereocenters. The molecular formula is C13H17NO3. The number of carboxylic acid groups (broad SMARTS) is 1. The Hall–Kier alpha value is -1.84. The zero-order valence-corrected chi connectivity index (χ0v) is 10.3. The van der Waals surface area contributed by atoms with Gasteiger partial charge in [0.05, 0.1) is 0 Å². The number of aryl methyl sites for hydroxylation is 1. The Kier molecular flexibility index (Phi) is 4.26. The number of carbonyl (C=O) groups is 2. The van der Waals surface area contributed by atoms with Crippen LogP contribution in [-0.2, 0) is 16.1 Å². The third-order valence-electron chi connectivity index (χ3n) is 2.66. The maximum Gasteiger partial charge on any atom is 0.315 e. The summed E-state index contributed by atoms with van der Waals surface area (Å²) in [5.41, 5.74) is 2.14. The van der Waals surface area contributed by atoms with E-state index in [0.717, 1.165) is 11.1 Å². The van der Waals surface area contributed by atoms with Crippen molar-refractivity contribution >= 4 is 11.9 Å². The fourth-order valence-corrected chi connectivity index (χ4v) is 1.48. The minimum Gasteiger partial charge on any atom is -0.481 e. The topological polar surface area (TPSA) is 57.6 Å². The number of carbonyl (C=O) groups excluding carboxylic acids is 1. The van der Waals surface area contributed by atoms with Crippen molar-refractivity contribution in [3.63, 3.8) is 0 Å². The van der Waals surface area contributed by atoms with Crippen LogP contribution in [0, 0.1) is 12.8 Å². The van der Waals surface area contributed by atoms with Crippen LogP contribution in [-0.4, -0.2) is 28.9 Å². The molecule has 0 saturated carbocycles. The average molecular weight is 235 g/mol. The zero-order valence-electron chi connectivity index (χ0n) is 10.3. The van der Waals surface area contributed by atoms with Crippen LogP contribution in [0.1, 0.15) is 18.1 Å². The molecule has 4 nitrogen and oxygen atoms in total. The van der Waals surface area contributed by atoms with Gasteiger partial charge in [0.25, 0.3) is 0 Å². The average Bonchev–Trinajstić information content (AvgIpc) is 2.30. The Labute approximate surface area is 101 Å². The van der Waals surface area contributed by atoms with Gasteiger partial charge in [-0.05, 0) is 19.4 Å². The fourth-order valence-electron chi connectivity index (χ4n) is 1.48. The molecule has 0 spiro atoms. The second kappa shape index (κ2) is 5.48. The minimum absolute atomic E-state index is 0.377. The van der Waals surface area contributed by atoms with Gasteiger partial charge >= 0.3 is 5.97 Å². The quantitative estimate of drug-likeness (QED) is 0.808. The molecule has 0 aliphatic carbocycles. The largest absolute Gasteiger partial charge is 0.481 e. The van der Waals surface area contributed by atoms with E-state index in [4.69, 9.17) is 5.11 Å². The molecule has 92 valence electrons. The molecule has 1 amide bonds. The molecule has 0 heterocycles. The zero-order chi connectivity index (χ0) is 13.0. The highest BCUT2D eigenvalue weighted by molar-refractivity contribution is 5.96. The van der Waals surface area contributed by atoms with Crippen LogP contribution >= 0.6 is 0 Å². The van der Waals surface area contributed by atoms with E-state index in [2.05, 4.69) is 0 Å². The Bertz CT molecular complexity index is 411. The van der Waals surface area contributed by atoms with Crippen molar-refractivity contribution in [2.24, 2.45) is 5.92 Å². The lowest BCUT2D eigenvalue weighted by Gasteiger charge is -2.19. The van der Waals surface area contributed by atoms with Crippen molar-refractivity contribution in [1.29, 1.82) is 0 Å². The van der Waals surface area contributed by atoms with E-state index < -0.39 is 11.9 Å². The van der Waals surface area contributed by atoms with Gasteiger partial charge in [-0.1, -0.05) is 29.8 Å². The number of aliphatic carboxylic acids is 1. The van der Waals surface area contributed by atoms with Crippen LogP contribution in [0.15, 0.2) is 24.3 Å². The lowest BCUT2D eigenvalue weighted by atomic mass is 10.1. The van der Waals surface area contributed by atoms with Gasteiger partial charge in [0, 0.05) is 13.6 Å². The molecular weight excluding hydrogens is 218 g/mol. The summed E-state index contributed by atoms with van der Waals surface area (Å²) in [6.45, 7) is 3.82. The highest BCUT2D eigenvalue weighted by Gasteiger charge is 2.23. The number of hydrogen-bond donors (Lipinski definition) is 1. The van der Waals surface area contributed by atoms with Crippen molar-refractivity contribution in [3.8, 4) is 0 Å². The standard InChI is InChI=1S/C13H17NO3/c1-9-4-6-11(7-5-9)8-14(3)12(15)10(2)13(16)17/h4-7,10H,8H2,1-3H3,(H,16,17). The lowest BCUT2D eigenvalue weighted by Crippen LogP contribution is -2.34. The Morgan fingerprint density at radius 1 is 1.29 bits per heavy atom. The Morgan fingerprint density at radius 2 is 1.82 bits per heavy atom. The maximum atomic E-state index is 11.7. The summed E-state index contributed by atoms with van der Waals surface area (Å²) in [6, 6.07) is 7.80. The first-order valence-corrected chi connectivity index (χ1v) is 5.45. The summed E-state index contributed by atoms with van der Waals surface area (Å²) in [5, 5.41) is 8.76. The predicted octanol–water partition coefficient (Wildman–Crippen LogP) is 1.67. The second-order valence-electron chi connectivity index (χ2n) is 4.24. The molecule has 4 heteroatoms. The van der Waals surface area contributed by atoms with Crippen LogP contribution in [0.3, 0.4) is 0 Å². The lowest BCUT2D eigenvalue weighted by molar-refractivity contribution is -0.149. The molecule has 1 unspecified atom stereocenters. The van der Waals surface area contributed by atoms with Crippen molar-refractivity contribution in [1.82, 2.24) is 4.90 Å². The molecule has 0 aliphatic heterocycles. The highest BCUT2D eigenvalue weighted by Crippen LogP contribution is 2.08. The fraction of sp³-hybridized carbons (Fsp3) is 0.385. The summed E-state index contributed by atoms with van der Waals surface area (Å²) in [5.74, 6) is -2.46. The van der Waals surface area contributed by atoms with E-state index in [1.807, 2.05) is 31.2 Å². The molecule has 1 aromatic carbocycles. The maximum absolute atomic E-state index is 11.7. The van der Waals surface area contributed by atoms with Crippen LogP contribution < -0.4 is 0 Å². The van der Waals surface area contributed by atoms with Crippen LogP contribution in [0.5, 0.6) is 0 Å². The van der Waals surface area contributed by atoms with E-state index in [9.17, 15) is 9.59 Å². The molecule has 0 saturated heterocycles. The first kappa shape index (κ1) is 13.2. The highest BCUT2D eigenvalue weighted by atomic mass is 16.4. The molecule has 0 aromatic heterocycles. The summed E-state index contributed by atoms with van der Waals surface area (Å²) in [4.78, 5) is 23.8. The summed E-state index contributed by atoms with van der Waals surface area (Å²) in [7, 11) is 1.61. The summed E-state index contributed by atoms with van der Waals surface area (Å²) >= 11 is 0. The number of benzene rings is 1. The number of hydrogen-bond acceptors (Lipinski definition) is 2.